The maximum absolute atomic E-state index is 13.0. The molecule has 2 N–H and O–H groups in total. The van der Waals surface area contributed by atoms with E-state index in [-0.39, 0.29) is 17.9 Å². The summed E-state index contributed by atoms with van der Waals surface area (Å²) in [6.07, 6.45) is 6.30. The van der Waals surface area contributed by atoms with Crippen LogP contribution in [0.5, 0.6) is 0 Å². The number of likely N-dealkylation sites (tertiary alicyclic amines) is 1. The van der Waals surface area contributed by atoms with Crippen molar-refractivity contribution in [2.24, 2.45) is 11.7 Å². The Labute approximate surface area is 161 Å². The Hall–Kier alpha value is -1.44. The van der Waals surface area contributed by atoms with Crippen LogP contribution in [0.25, 0.3) is 0 Å². The average molecular weight is 392 g/mol. The Morgan fingerprint density at radius 1 is 1.04 bits per heavy atom. The summed E-state index contributed by atoms with van der Waals surface area (Å²) in [4.78, 5) is 15.2. The fourth-order valence-electron chi connectivity index (χ4n) is 4.81. The number of aryl methyl sites for hydroxylation is 2. The van der Waals surface area contributed by atoms with Gasteiger partial charge in [-0.3, -0.25) is 4.79 Å². The predicted octanol–water partition coefficient (Wildman–Crippen LogP) is 1.53. The summed E-state index contributed by atoms with van der Waals surface area (Å²) in [7, 11) is -3.48. The molecule has 148 valence electrons. The van der Waals surface area contributed by atoms with Crippen molar-refractivity contribution >= 4 is 15.9 Å². The molecule has 0 spiro atoms. The standard InChI is InChI=1S/C20H29N3O3S/c21-14-18-5-2-10-23(18)20(24)16-8-11-22(12-9-16)27(25,26)19-7-6-15-3-1-4-17(15)13-19/h6-7,13,16,18H,1-5,8-12,14,21H2. The van der Waals surface area contributed by atoms with Gasteiger partial charge in [0.25, 0.3) is 0 Å². The Morgan fingerprint density at radius 2 is 1.78 bits per heavy atom. The molecule has 4 rings (SSSR count). The second-order valence-electron chi connectivity index (χ2n) is 8.03. The first-order valence-electron chi connectivity index (χ1n) is 10.1. The third-order valence-corrected chi connectivity index (χ3v) is 8.34. The average Bonchev–Trinajstić information content (AvgIpc) is 3.35. The van der Waals surface area contributed by atoms with Crippen LogP contribution in [0.4, 0.5) is 0 Å². The molecule has 0 aromatic heterocycles. The maximum Gasteiger partial charge on any atom is 0.243 e. The molecule has 3 aliphatic rings. The molecule has 1 amide bonds. The molecule has 6 nitrogen and oxygen atoms in total. The summed E-state index contributed by atoms with van der Waals surface area (Å²) in [6.45, 7) is 2.12. The molecule has 2 heterocycles. The lowest BCUT2D eigenvalue weighted by Crippen LogP contribution is -2.47. The van der Waals surface area contributed by atoms with Gasteiger partial charge in [-0.15, -0.1) is 0 Å². The summed E-state index contributed by atoms with van der Waals surface area (Å²) in [5.74, 6) is 0.0844. The highest BCUT2D eigenvalue weighted by Crippen LogP contribution is 2.30. The van der Waals surface area contributed by atoms with Crippen molar-refractivity contribution in [1.29, 1.82) is 0 Å². The molecule has 2 fully saturated rings. The third-order valence-electron chi connectivity index (χ3n) is 6.44. The lowest BCUT2D eigenvalue weighted by molar-refractivity contribution is -0.137. The van der Waals surface area contributed by atoms with Crippen LogP contribution in [-0.4, -0.2) is 55.8 Å². The minimum absolute atomic E-state index is 0.0800. The van der Waals surface area contributed by atoms with E-state index in [0.29, 0.717) is 37.4 Å². The molecule has 1 aliphatic carbocycles. The first-order valence-corrected chi connectivity index (χ1v) is 11.6. The van der Waals surface area contributed by atoms with Gasteiger partial charge in [-0.05, 0) is 68.2 Å². The number of benzene rings is 1. The number of carbonyl (C=O) groups is 1. The fourth-order valence-corrected chi connectivity index (χ4v) is 6.33. The Kier molecular flexibility index (Phi) is 5.27. The van der Waals surface area contributed by atoms with Gasteiger partial charge in [-0.25, -0.2) is 8.42 Å². The lowest BCUT2D eigenvalue weighted by atomic mass is 9.96. The Morgan fingerprint density at radius 3 is 2.52 bits per heavy atom. The van der Waals surface area contributed by atoms with Crippen LogP contribution in [0.1, 0.15) is 43.2 Å². The van der Waals surface area contributed by atoms with Crippen molar-refractivity contribution in [1.82, 2.24) is 9.21 Å². The zero-order chi connectivity index (χ0) is 19.0. The van der Waals surface area contributed by atoms with Crippen LogP contribution >= 0.6 is 0 Å². The number of fused-ring (bicyclic) bond motifs is 1. The number of nitrogens with zero attached hydrogens (tertiary/aromatic N) is 2. The zero-order valence-electron chi connectivity index (χ0n) is 15.8. The van der Waals surface area contributed by atoms with Crippen LogP contribution in [0, 0.1) is 5.92 Å². The molecule has 0 bridgehead atoms. The van der Waals surface area contributed by atoms with Crippen LogP contribution in [0.3, 0.4) is 0 Å². The second-order valence-corrected chi connectivity index (χ2v) is 9.96. The number of carbonyl (C=O) groups excluding carboxylic acids is 1. The van der Waals surface area contributed by atoms with Crippen molar-refractivity contribution in [2.45, 2.75) is 55.9 Å². The number of sulfonamides is 1. The van der Waals surface area contributed by atoms with Crippen molar-refractivity contribution in [3.8, 4) is 0 Å². The molecule has 0 radical (unpaired) electrons. The van der Waals surface area contributed by atoms with Gasteiger partial charge in [0.2, 0.25) is 15.9 Å². The minimum atomic E-state index is -3.48. The summed E-state index contributed by atoms with van der Waals surface area (Å²) >= 11 is 0. The summed E-state index contributed by atoms with van der Waals surface area (Å²) in [6, 6.07) is 5.72. The van der Waals surface area contributed by atoms with Crippen molar-refractivity contribution in [2.75, 3.05) is 26.2 Å². The van der Waals surface area contributed by atoms with Crippen LogP contribution < -0.4 is 5.73 Å². The van der Waals surface area contributed by atoms with Crippen LogP contribution in [0.15, 0.2) is 23.1 Å². The minimum Gasteiger partial charge on any atom is -0.338 e. The topological polar surface area (TPSA) is 83.7 Å². The number of rotatable bonds is 4. The third kappa shape index (κ3) is 3.52. The number of nitrogens with two attached hydrogens (primary N) is 1. The largest absolute Gasteiger partial charge is 0.338 e. The molecule has 7 heteroatoms. The van der Waals surface area contributed by atoms with Gasteiger partial charge in [0.15, 0.2) is 0 Å². The van der Waals surface area contributed by atoms with Crippen LogP contribution in [0.2, 0.25) is 0 Å². The molecule has 0 saturated carbocycles. The van der Waals surface area contributed by atoms with E-state index < -0.39 is 10.0 Å². The van der Waals surface area contributed by atoms with Crippen molar-refractivity contribution in [3.05, 3.63) is 29.3 Å². The van der Waals surface area contributed by atoms with E-state index in [1.54, 1.807) is 10.4 Å². The Balaban J connectivity index is 1.42. The van der Waals surface area contributed by atoms with E-state index in [1.807, 2.05) is 17.0 Å². The summed E-state index contributed by atoms with van der Waals surface area (Å²) in [5, 5.41) is 0. The van der Waals surface area contributed by atoms with Crippen molar-refractivity contribution in [3.63, 3.8) is 0 Å². The van der Waals surface area contributed by atoms with E-state index in [0.717, 1.165) is 38.6 Å². The molecular formula is C20H29N3O3S. The quantitative estimate of drug-likeness (QED) is 0.844. The van der Waals surface area contributed by atoms with Crippen molar-refractivity contribution < 1.29 is 13.2 Å². The van der Waals surface area contributed by atoms with Gasteiger partial charge in [-0.1, -0.05) is 6.07 Å². The number of amides is 1. The maximum atomic E-state index is 13.0. The molecule has 27 heavy (non-hydrogen) atoms. The van der Waals surface area contributed by atoms with Gasteiger partial charge in [0, 0.05) is 38.1 Å². The van der Waals surface area contributed by atoms with Crippen LogP contribution in [-0.2, 0) is 27.7 Å². The van der Waals surface area contributed by atoms with Gasteiger partial charge < -0.3 is 10.6 Å². The molecule has 1 aromatic rings. The van der Waals surface area contributed by atoms with E-state index in [2.05, 4.69) is 0 Å². The molecule has 2 saturated heterocycles. The highest BCUT2D eigenvalue weighted by Gasteiger charge is 2.37. The van der Waals surface area contributed by atoms with Gasteiger partial charge >= 0.3 is 0 Å². The fraction of sp³-hybridized carbons (Fsp3) is 0.650. The molecule has 1 atom stereocenters. The number of piperidine rings is 1. The number of hydrogen-bond donors (Lipinski definition) is 1. The predicted molar refractivity (Wildman–Crippen MR) is 104 cm³/mol. The van der Waals surface area contributed by atoms with E-state index in [1.165, 1.54) is 11.1 Å². The van der Waals surface area contributed by atoms with E-state index >= 15 is 0 Å². The molecule has 1 aromatic carbocycles. The lowest BCUT2D eigenvalue weighted by Gasteiger charge is -2.34. The normalized spacial score (nSPS) is 24.3. The monoisotopic (exact) mass is 391 g/mol. The van der Waals surface area contributed by atoms with E-state index in [9.17, 15) is 13.2 Å². The van der Waals surface area contributed by atoms with Gasteiger partial charge in [-0.2, -0.15) is 4.31 Å². The van der Waals surface area contributed by atoms with E-state index in [4.69, 9.17) is 5.73 Å². The number of hydrogen-bond acceptors (Lipinski definition) is 4. The highest BCUT2D eigenvalue weighted by molar-refractivity contribution is 7.89. The summed E-state index contributed by atoms with van der Waals surface area (Å²) in [5.41, 5.74) is 8.24. The Bertz CT molecular complexity index is 816. The smallest absolute Gasteiger partial charge is 0.243 e. The first-order chi connectivity index (χ1) is 13.0. The second kappa shape index (κ2) is 7.53. The zero-order valence-corrected chi connectivity index (χ0v) is 16.6. The highest BCUT2D eigenvalue weighted by atomic mass is 32.2. The SMILES string of the molecule is NCC1CCCN1C(=O)C1CCN(S(=O)(=O)c2ccc3c(c2)CCC3)CC1. The summed E-state index contributed by atoms with van der Waals surface area (Å²) < 4.78 is 27.6. The molecule has 2 aliphatic heterocycles. The molecule has 1 unspecified atom stereocenters. The first kappa shape index (κ1) is 18.9. The molecular weight excluding hydrogens is 362 g/mol. The van der Waals surface area contributed by atoms with Gasteiger partial charge in [0.05, 0.1) is 4.90 Å². The van der Waals surface area contributed by atoms with Gasteiger partial charge in [0.1, 0.15) is 0 Å².